The van der Waals surface area contributed by atoms with Gasteiger partial charge in [0, 0.05) is 44.3 Å². The maximum absolute atomic E-state index is 12.9. The smallest absolute Gasteiger partial charge is 0.311 e. The molecule has 0 aromatic heterocycles. The van der Waals surface area contributed by atoms with Crippen LogP contribution in [0.1, 0.15) is 44.2 Å². The number of nitrogens with zero attached hydrogens (tertiary/aromatic N) is 2. The van der Waals surface area contributed by atoms with E-state index in [1.54, 1.807) is 0 Å². The van der Waals surface area contributed by atoms with Crippen LogP contribution in [0.5, 0.6) is 0 Å². The molecule has 0 saturated carbocycles. The van der Waals surface area contributed by atoms with Crippen LogP contribution in [-0.4, -0.2) is 49.7 Å². The summed E-state index contributed by atoms with van der Waals surface area (Å²) in [6.45, 7) is 13.9. The number of rotatable bonds is 3. The number of anilines is 1. The number of hydrogen-bond acceptors (Lipinski definition) is 4. The van der Waals surface area contributed by atoms with E-state index in [2.05, 4.69) is 67.8 Å². The molecule has 2 aliphatic heterocycles. The Bertz CT molecular complexity index is 941. The van der Waals surface area contributed by atoms with Crippen LogP contribution in [0.4, 0.5) is 5.69 Å². The minimum atomic E-state index is -0.0240. The molecule has 31 heavy (non-hydrogen) atoms. The zero-order valence-electron chi connectivity index (χ0n) is 19.5. The topological polar surface area (TPSA) is 32.8 Å². The highest BCUT2D eigenvalue weighted by Gasteiger charge is 2.51. The van der Waals surface area contributed by atoms with Crippen molar-refractivity contribution < 1.29 is 9.53 Å². The molecule has 1 aromatic carbocycles. The molecular weight excluding hydrogens is 384 g/mol. The number of hydrogen-bond donors (Lipinski definition) is 0. The Labute approximate surface area is 186 Å². The molecule has 2 fully saturated rings. The molecule has 0 radical (unpaired) electrons. The Morgan fingerprint density at radius 3 is 2.68 bits per heavy atom. The number of aryl methyl sites for hydroxylation is 1. The fraction of sp³-hybridized carbons (Fsp3) is 0.593. The van der Waals surface area contributed by atoms with E-state index < -0.39 is 0 Å². The summed E-state index contributed by atoms with van der Waals surface area (Å²) in [5.41, 5.74) is 7.15. The van der Waals surface area contributed by atoms with Crippen LogP contribution in [-0.2, 0) is 9.53 Å². The Balaban J connectivity index is 1.28. The monoisotopic (exact) mass is 420 g/mol. The predicted molar refractivity (Wildman–Crippen MR) is 125 cm³/mol. The SMILES string of the molecule is CC1=CCC[C@]2(C)C[C@H]3OC(=O)C(CN4CCN(c5cccc(C)c5C)CC4)[C@H]3C=C12. The first-order valence-corrected chi connectivity index (χ1v) is 12.0. The second-order valence-corrected chi connectivity index (χ2v) is 10.4. The summed E-state index contributed by atoms with van der Waals surface area (Å²) in [4.78, 5) is 17.8. The minimum Gasteiger partial charge on any atom is -0.461 e. The molecule has 0 N–H and O–H groups in total. The summed E-state index contributed by atoms with van der Waals surface area (Å²) in [6, 6.07) is 6.58. The Morgan fingerprint density at radius 2 is 1.90 bits per heavy atom. The summed E-state index contributed by atoms with van der Waals surface area (Å²) in [6.07, 6.45) is 8.14. The highest BCUT2D eigenvalue weighted by atomic mass is 16.6. The van der Waals surface area contributed by atoms with Crippen LogP contribution in [0, 0.1) is 31.1 Å². The summed E-state index contributed by atoms with van der Waals surface area (Å²) in [5.74, 6) is 0.228. The molecule has 4 heteroatoms. The van der Waals surface area contributed by atoms with Crippen molar-refractivity contribution in [3.05, 3.63) is 52.6 Å². The van der Waals surface area contributed by atoms with Gasteiger partial charge in [-0.15, -0.1) is 0 Å². The molecule has 0 spiro atoms. The first-order valence-electron chi connectivity index (χ1n) is 12.0. The van der Waals surface area contributed by atoms with E-state index in [1.807, 2.05) is 0 Å². The molecule has 0 bridgehead atoms. The lowest BCUT2D eigenvalue weighted by molar-refractivity contribution is -0.145. The van der Waals surface area contributed by atoms with Crippen LogP contribution in [0.25, 0.3) is 0 Å². The van der Waals surface area contributed by atoms with Crippen molar-refractivity contribution in [3.63, 3.8) is 0 Å². The molecule has 5 rings (SSSR count). The maximum Gasteiger partial charge on any atom is 0.311 e. The van der Waals surface area contributed by atoms with Crippen LogP contribution in [0.15, 0.2) is 41.5 Å². The number of piperazine rings is 1. The van der Waals surface area contributed by atoms with Crippen LogP contribution in [0.3, 0.4) is 0 Å². The molecular formula is C27H36N2O2. The third-order valence-corrected chi connectivity index (χ3v) is 8.44. The Hall–Kier alpha value is -2.07. The van der Waals surface area contributed by atoms with E-state index in [1.165, 1.54) is 34.4 Å². The number of esters is 1. The van der Waals surface area contributed by atoms with Gasteiger partial charge in [0.25, 0.3) is 0 Å². The number of carbonyl (C=O) groups excluding carboxylic acids is 1. The number of fused-ring (bicyclic) bond motifs is 2. The molecule has 1 aromatic rings. The number of ether oxygens (including phenoxy) is 1. The fourth-order valence-electron chi connectivity index (χ4n) is 6.37. The Morgan fingerprint density at radius 1 is 1.13 bits per heavy atom. The summed E-state index contributed by atoms with van der Waals surface area (Å²) < 4.78 is 5.95. The second-order valence-electron chi connectivity index (χ2n) is 10.4. The van der Waals surface area contributed by atoms with E-state index in [9.17, 15) is 4.79 Å². The molecule has 4 nitrogen and oxygen atoms in total. The average Bonchev–Trinajstić information content (AvgIpc) is 3.03. The highest BCUT2D eigenvalue weighted by Crippen LogP contribution is 2.52. The van der Waals surface area contributed by atoms with Gasteiger partial charge in [-0.1, -0.05) is 36.8 Å². The number of allylic oxidation sites excluding steroid dienone is 3. The van der Waals surface area contributed by atoms with Gasteiger partial charge in [0.2, 0.25) is 0 Å². The van der Waals surface area contributed by atoms with E-state index in [0.29, 0.717) is 0 Å². The van der Waals surface area contributed by atoms with E-state index >= 15 is 0 Å². The minimum absolute atomic E-state index is 0.0210. The van der Waals surface area contributed by atoms with Crippen molar-refractivity contribution in [2.75, 3.05) is 37.6 Å². The lowest BCUT2D eigenvalue weighted by Gasteiger charge is -2.43. The molecule has 4 aliphatic rings. The van der Waals surface area contributed by atoms with Crippen molar-refractivity contribution in [2.45, 2.75) is 53.1 Å². The molecule has 2 saturated heterocycles. The molecule has 2 heterocycles. The van der Waals surface area contributed by atoms with Gasteiger partial charge in [0.15, 0.2) is 0 Å². The third-order valence-electron chi connectivity index (χ3n) is 8.44. The van der Waals surface area contributed by atoms with Crippen LogP contribution < -0.4 is 4.90 Å². The van der Waals surface area contributed by atoms with Crippen molar-refractivity contribution in [2.24, 2.45) is 17.3 Å². The first kappa shape index (κ1) is 20.8. The average molecular weight is 421 g/mol. The largest absolute Gasteiger partial charge is 0.461 e. The van der Waals surface area contributed by atoms with Gasteiger partial charge in [-0.25, -0.2) is 0 Å². The lowest BCUT2D eigenvalue weighted by Crippen LogP contribution is -2.49. The zero-order valence-corrected chi connectivity index (χ0v) is 19.5. The first-order chi connectivity index (χ1) is 14.9. The van der Waals surface area contributed by atoms with Gasteiger partial charge in [0.05, 0.1) is 5.92 Å². The zero-order chi connectivity index (χ0) is 21.8. The van der Waals surface area contributed by atoms with E-state index in [4.69, 9.17) is 4.74 Å². The molecule has 4 atom stereocenters. The van der Waals surface area contributed by atoms with Gasteiger partial charge in [-0.3, -0.25) is 9.69 Å². The van der Waals surface area contributed by atoms with Crippen molar-refractivity contribution in [1.29, 1.82) is 0 Å². The van der Waals surface area contributed by atoms with E-state index in [0.717, 1.165) is 45.6 Å². The quantitative estimate of drug-likeness (QED) is 0.666. The normalized spacial score (nSPS) is 33.4. The van der Waals surface area contributed by atoms with Crippen LogP contribution >= 0.6 is 0 Å². The standard InChI is InChI=1S/C27H36N2O2/c1-18-7-5-9-24(20(18)3)29-13-11-28(12-14-29)17-22-21-15-23-19(2)8-6-10-27(23,4)16-25(21)31-26(22)30/h5,7-9,15,21-22,25H,6,10-14,16-17H2,1-4H3/t21-,22?,25-,27-/m1/s1. The molecule has 1 unspecified atom stereocenters. The Kier molecular flexibility index (Phi) is 5.24. The number of carbonyl (C=O) groups is 1. The van der Waals surface area contributed by atoms with Gasteiger partial charge < -0.3 is 9.64 Å². The van der Waals surface area contributed by atoms with Gasteiger partial charge in [-0.2, -0.15) is 0 Å². The highest BCUT2D eigenvalue weighted by molar-refractivity contribution is 5.76. The lowest BCUT2D eigenvalue weighted by atomic mass is 9.62. The maximum atomic E-state index is 12.9. The summed E-state index contributed by atoms with van der Waals surface area (Å²) >= 11 is 0. The second kappa shape index (κ2) is 7.81. The van der Waals surface area contributed by atoms with Gasteiger partial charge >= 0.3 is 5.97 Å². The summed E-state index contributed by atoms with van der Waals surface area (Å²) in [7, 11) is 0. The van der Waals surface area contributed by atoms with Crippen LogP contribution in [0.2, 0.25) is 0 Å². The molecule has 0 amide bonds. The third kappa shape index (κ3) is 3.63. The van der Waals surface area contributed by atoms with Crippen molar-refractivity contribution in [1.82, 2.24) is 4.90 Å². The predicted octanol–water partition coefficient (Wildman–Crippen LogP) is 4.66. The molecule has 2 aliphatic carbocycles. The van der Waals surface area contributed by atoms with Gasteiger partial charge in [0.1, 0.15) is 6.10 Å². The van der Waals surface area contributed by atoms with Crippen molar-refractivity contribution >= 4 is 11.7 Å². The van der Waals surface area contributed by atoms with E-state index in [-0.39, 0.29) is 29.3 Å². The van der Waals surface area contributed by atoms with Crippen molar-refractivity contribution in [3.8, 4) is 0 Å². The molecule has 166 valence electrons. The van der Waals surface area contributed by atoms with Gasteiger partial charge in [-0.05, 0) is 68.2 Å². The number of benzene rings is 1. The summed E-state index contributed by atoms with van der Waals surface area (Å²) in [5, 5.41) is 0. The fourth-order valence-corrected chi connectivity index (χ4v) is 6.37.